The molecule has 0 spiro atoms. The fourth-order valence-electron chi connectivity index (χ4n) is 10.5. The molecule has 0 unspecified atom stereocenters. The van der Waals surface area contributed by atoms with Gasteiger partial charge in [0.2, 0.25) is 5.91 Å². The number of anilines is 1. The molecule has 11 heteroatoms. The molecule has 3 N–H and O–H groups in total. The summed E-state index contributed by atoms with van der Waals surface area (Å²) >= 11 is 0. The van der Waals surface area contributed by atoms with Crippen LogP contribution in [0.4, 0.5) is 11.4 Å². The number of amidine groups is 2. The average molecular weight is 908 g/mol. The molecule has 11 nitrogen and oxygen atoms in total. The van der Waals surface area contributed by atoms with Crippen LogP contribution in [-0.4, -0.2) is 70.3 Å². The van der Waals surface area contributed by atoms with Crippen LogP contribution in [0.2, 0.25) is 0 Å². The van der Waals surface area contributed by atoms with Crippen LogP contribution in [-0.2, 0) is 29.0 Å². The number of aldehydes is 1. The van der Waals surface area contributed by atoms with Crippen molar-refractivity contribution in [3.8, 4) is 22.3 Å². The number of hydrogen-bond acceptors (Lipinski definition) is 7. The van der Waals surface area contributed by atoms with Gasteiger partial charge in [-0.25, -0.2) is 4.99 Å². The topological polar surface area (TPSA) is 142 Å². The fourth-order valence-corrected chi connectivity index (χ4v) is 10.5. The Morgan fingerprint density at radius 2 is 1.50 bits per heavy atom. The predicted molar refractivity (Wildman–Crippen MR) is 276 cm³/mol. The molecular formula is C57H61N7O4. The Bertz CT molecular complexity index is 3050. The zero-order valence-electron chi connectivity index (χ0n) is 39.8. The molecule has 0 radical (unpaired) electrons. The highest BCUT2D eigenvalue weighted by Gasteiger charge is 2.25. The second kappa shape index (κ2) is 20.0. The zero-order chi connectivity index (χ0) is 47.5. The van der Waals surface area contributed by atoms with Gasteiger partial charge in [-0.15, -0.1) is 0 Å². The summed E-state index contributed by atoms with van der Waals surface area (Å²) in [5.74, 6) is 1.10. The lowest BCUT2D eigenvalue weighted by molar-refractivity contribution is -0.127. The number of amides is 2. The van der Waals surface area contributed by atoms with E-state index in [1.54, 1.807) is 0 Å². The minimum Gasteiger partial charge on any atom is -0.387 e. The Hall–Kier alpha value is -7.14. The smallest absolute Gasteiger partial charge is 0.258 e. The maximum Gasteiger partial charge on any atom is 0.258 e. The highest BCUT2D eigenvalue weighted by Crippen LogP contribution is 2.36. The number of pyridine rings is 1. The second-order valence-corrected chi connectivity index (χ2v) is 18.5. The molecule has 4 aliphatic rings. The normalized spacial score (nSPS) is 15.9. The summed E-state index contributed by atoms with van der Waals surface area (Å²) in [4.78, 5) is 67.2. The molecule has 0 saturated heterocycles. The van der Waals surface area contributed by atoms with Gasteiger partial charge in [0, 0.05) is 83.8 Å². The van der Waals surface area contributed by atoms with E-state index >= 15 is 0 Å². The molecule has 0 atom stereocenters. The van der Waals surface area contributed by atoms with Crippen molar-refractivity contribution < 1.29 is 14.4 Å². The predicted octanol–water partition coefficient (Wildman–Crippen LogP) is 10.7. The van der Waals surface area contributed by atoms with Crippen LogP contribution in [0, 0.1) is 0 Å². The van der Waals surface area contributed by atoms with Crippen LogP contribution >= 0.6 is 0 Å². The van der Waals surface area contributed by atoms with Crippen LogP contribution in [0.15, 0.2) is 116 Å². The summed E-state index contributed by atoms with van der Waals surface area (Å²) in [6, 6.07) is 26.0. The number of aliphatic imine (C=N–C) groups is 2. The molecule has 4 aromatic carbocycles. The Kier molecular flexibility index (Phi) is 13.5. The van der Waals surface area contributed by atoms with Gasteiger partial charge < -0.3 is 25.4 Å². The lowest BCUT2D eigenvalue weighted by Crippen LogP contribution is -2.34. The van der Waals surface area contributed by atoms with Crippen LogP contribution in [0.5, 0.6) is 0 Å². The van der Waals surface area contributed by atoms with E-state index < -0.39 is 0 Å². The maximum atomic E-state index is 14.3. The number of allylic oxidation sites excluding steroid dienone is 2. The molecule has 0 saturated carbocycles. The lowest BCUT2D eigenvalue weighted by atomic mass is 9.96. The van der Waals surface area contributed by atoms with Crippen molar-refractivity contribution in [3.63, 3.8) is 0 Å². The van der Waals surface area contributed by atoms with Gasteiger partial charge in [-0.3, -0.25) is 24.2 Å². The highest BCUT2D eigenvalue weighted by atomic mass is 16.2. The molecule has 348 valence electrons. The maximum absolute atomic E-state index is 14.3. The summed E-state index contributed by atoms with van der Waals surface area (Å²) in [5, 5.41) is 5.17. The monoisotopic (exact) mass is 907 g/mol. The van der Waals surface area contributed by atoms with E-state index in [9.17, 15) is 19.2 Å². The Morgan fingerprint density at radius 1 is 0.794 bits per heavy atom. The van der Waals surface area contributed by atoms with Crippen molar-refractivity contribution in [2.45, 2.75) is 98.4 Å². The number of rotatable bonds is 14. The van der Waals surface area contributed by atoms with Gasteiger partial charge in [0.25, 0.3) is 11.5 Å². The zero-order valence-corrected chi connectivity index (χ0v) is 39.8. The van der Waals surface area contributed by atoms with Crippen LogP contribution in [0.3, 0.4) is 0 Å². The van der Waals surface area contributed by atoms with Crippen molar-refractivity contribution in [1.29, 1.82) is 0 Å². The molecule has 68 heavy (non-hydrogen) atoms. The summed E-state index contributed by atoms with van der Waals surface area (Å²) in [6.45, 7) is 11.1. The SMILES string of the molecule is CCCN(CCC)C(=O)C1=Cc2ccc(-c3ccc4c(=O)n(CCN=C5CC(C=O)=Cc6ccc(-c7ccc(C(=O)N(CC)C8=C(C)CCC8)cc7)cc6N5)c5c(c4c3)CCC5)cc2N=C(N)C1. The molecule has 9 rings (SSSR count). The van der Waals surface area contributed by atoms with E-state index in [2.05, 4.69) is 44.3 Å². The van der Waals surface area contributed by atoms with Crippen molar-refractivity contribution in [2.24, 2.45) is 15.7 Å². The first-order valence-electron chi connectivity index (χ1n) is 24.4. The number of nitrogens with zero attached hydrogens (tertiary/aromatic N) is 5. The molecule has 1 aromatic heterocycles. The van der Waals surface area contributed by atoms with Gasteiger partial charge in [0.1, 0.15) is 18.0 Å². The van der Waals surface area contributed by atoms with Gasteiger partial charge in [-0.2, -0.15) is 0 Å². The first-order valence-corrected chi connectivity index (χ1v) is 24.4. The number of nitrogens with two attached hydrogens (primary N) is 1. The van der Waals surface area contributed by atoms with E-state index in [0.717, 1.165) is 119 Å². The van der Waals surface area contributed by atoms with Gasteiger partial charge in [-0.05, 0) is 153 Å². The molecule has 3 heterocycles. The first kappa shape index (κ1) is 46.0. The van der Waals surface area contributed by atoms with Crippen molar-refractivity contribution in [2.75, 3.05) is 31.5 Å². The van der Waals surface area contributed by atoms with Crippen molar-refractivity contribution in [1.82, 2.24) is 14.4 Å². The standard InChI is InChI=1S/C57H61N7O4/c1-5-25-62(26-6-2)55(66)45-30-44-21-19-42(33-49(44)60-53(58)34-45)40-22-23-47-48(31-40)46-11-9-13-52(46)64(57(47)68)27-24-59-54-29-37(35-65)28-43-20-18-41(32-50(43)61-54)38-14-16-39(17-15-38)56(67)63(7-3)51-12-8-10-36(51)4/h14-23,28,30-33,35H,5-13,24-27,29,34H2,1-4H3,(H2,58,60)(H,59,61). The summed E-state index contributed by atoms with van der Waals surface area (Å²) < 4.78 is 1.90. The summed E-state index contributed by atoms with van der Waals surface area (Å²) in [6.07, 6.45) is 12.9. The number of aromatic nitrogens is 1. The van der Waals surface area contributed by atoms with Crippen LogP contribution < -0.4 is 16.6 Å². The van der Waals surface area contributed by atoms with Crippen molar-refractivity contribution in [3.05, 3.63) is 140 Å². The van der Waals surface area contributed by atoms with Gasteiger partial charge in [0.15, 0.2) is 0 Å². The molecule has 2 aliphatic carbocycles. The quantitative estimate of drug-likeness (QED) is 0.106. The number of nitrogens with one attached hydrogen (secondary N) is 1. The third-order valence-electron chi connectivity index (χ3n) is 13.8. The fraction of sp³-hybridized carbons (Fsp3) is 0.333. The minimum absolute atomic E-state index is 0.0103. The molecular weight excluding hydrogens is 847 g/mol. The van der Waals surface area contributed by atoms with Gasteiger partial charge in [-0.1, -0.05) is 61.9 Å². The number of benzene rings is 4. The molecule has 2 amide bonds. The van der Waals surface area contributed by atoms with Crippen LogP contribution in [0.1, 0.15) is 112 Å². The number of fused-ring (bicyclic) bond motifs is 5. The van der Waals surface area contributed by atoms with E-state index in [-0.39, 0.29) is 17.4 Å². The van der Waals surface area contributed by atoms with Crippen molar-refractivity contribution >= 4 is 64.1 Å². The van der Waals surface area contributed by atoms with Gasteiger partial charge >= 0.3 is 0 Å². The van der Waals surface area contributed by atoms with E-state index in [4.69, 9.17) is 15.7 Å². The summed E-state index contributed by atoms with van der Waals surface area (Å²) in [5.41, 5.74) is 20.2. The Morgan fingerprint density at radius 3 is 2.22 bits per heavy atom. The Balaban J connectivity index is 0.938. The van der Waals surface area contributed by atoms with E-state index in [0.29, 0.717) is 79.3 Å². The first-order chi connectivity index (χ1) is 33.1. The molecule has 2 aliphatic heterocycles. The molecule has 0 bridgehead atoms. The third-order valence-corrected chi connectivity index (χ3v) is 13.8. The number of aryl methyl sites for hydroxylation is 1. The average Bonchev–Trinajstić information content (AvgIpc) is 3.93. The second-order valence-electron chi connectivity index (χ2n) is 18.5. The van der Waals surface area contributed by atoms with Crippen LogP contribution in [0.25, 0.3) is 45.2 Å². The number of carbonyl (C=O) groups excluding carboxylic acids is 3. The van der Waals surface area contributed by atoms with E-state index in [1.807, 2.05) is 94.1 Å². The minimum atomic E-state index is -0.0348. The largest absolute Gasteiger partial charge is 0.387 e. The number of hydrogen-bond donors (Lipinski definition) is 2. The third kappa shape index (κ3) is 9.26. The lowest BCUT2D eigenvalue weighted by Gasteiger charge is -2.23. The highest BCUT2D eigenvalue weighted by molar-refractivity contribution is 6.07. The molecule has 0 fully saturated rings. The van der Waals surface area contributed by atoms with Gasteiger partial charge in [0.05, 0.1) is 12.2 Å². The number of carbonyl (C=O) groups is 3. The Labute approximate surface area is 398 Å². The van der Waals surface area contributed by atoms with E-state index in [1.165, 1.54) is 11.1 Å². The summed E-state index contributed by atoms with van der Waals surface area (Å²) in [7, 11) is 0. The molecule has 5 aromatic rings.